The van der Waals surface area contributed by atoms with Gasteiger partial charge in [0, 0.05) is 23.7 Å². The highest BCUT2D eigenvalue weighted by Crippen LogP contribution is 2.47. The van der Waals surface area contributed by atoms with Crippen LogP contribution in [0.3, 0.4) is 0 Å². The fourth-order valence-corrected chi connectivity index (χ4v) is 8.82. The highest BCUT2D eigenvalue weighted by atomic mass is 32.2. The normalized spacial score (nSPS) is 20.1. The van der Waals surface area contributed by atoms with Crippen molar-refractivity contribution in [3.63, 3.8) is 0 Å². The second kappa shape index (κ2) is 18.0. The van der Waals surface area contributed by atoms with Gasteiger partial charge in [-0.3, -0.25) is 4.79 Å². The van der Waals surface area contributed by atoms with Gasteiger partial charge in [-0.1, -0.05) is 93.2 Å². The molecule has 0 aliphatic heterocycles. The first-order chi connectivity index (χ1) is 19.8. The van der Waals surface area contributed by atoms with Crippen LogP contribution in [-0.4, -0.2) is 54.8 Å². The Morgan fingerprint density at radius 2 is 1.60 bits per heavy atom. The molecule has 4 atom stereocenters. The molecule has 1 aliphatic carbocycles. The number of hydrogen-bond acceptors (Lipinski definition) is 6. The minimum absolute atomic E-state index is 0.0694. The third-order valence-corrected chi connectivity index (χ3v) is 20.2. The van der Waals surface area contributed by atoms with Crippen molar-refractivity contribution >= 4 is 34.4 Å². The second-order valence-electron chi connectivity index (χ2n) is 15.7. The molecule has 0 aromatic carbocycles. The molecule has 1 aliphatic rings. The van der Waals surface area contributed by atoms with Gasteiger partial charge in [0.15, 0.2) is 16.6 Å². The van der Waals surface area contributed by atoms with Crippen LogP contribution >= 0.6 is 11.8 Å². The average molecular weight is 657 g/mol. The summed E-state index contributed by atoms with van der Waals surface area (Å²) in [6.07, 6.45) is 14.0. The van der Waals surface area contributed by atoms with Gasteiger partial charge in [-0.15, -0.1) is 11.8 Å². The molecule has 8 heteroatoms. The Morgan fingerprint density at radius 1 is 0.977 bits per heavy atom. The van der Waals surface area contributed by atoms with Gasteiger partial charge in [0.05, 0.1) is 26.4 Å². The van der Waals surface area contributed by atoms with Gasteiger partial charge in [0.25, 0.3) is 0 Å². The molecule has 0 amide bonds. The summed E-state index contributed by atoms with van der Waals surface area (Å²) in [4.78, 5) is 12.8. The Labute approximate surface area is 273 Å². The smallest absolute Gasteiger partial charge is 0.305 e. The summed E-state index contributed by atoms with van der Waals surface area (Å²) in [5.41, 5.74) is 0. The fraction of sp³-hybridized carbons (Fsp3) is 0.857. The van der Waals surface area contributed by atoms with Gasteiger partial charge in [-0.05, 0) is 67.2 Å². The van der Waals surface area contributed by atoms with E-state index in [1.807, 2.05) is 11.8 Å². The van der Waals surface area contributed by atoms with Crippen LogP contribution in [0.15, 0.2) is 22.8 Å². The van der Waals surface area contributed by atoms with Crippen molar-refractivity contribution in [1.82, 2.24) is 0 Å². The lowest BCUT2D eigenvalue weighted by atomic mass is 9.96. The first kappa shape index (κ1) is 40.5. The molecule has 0 unspecified atom stereocenters. The molecular weight excluding hydrogens is 589 g/mol. The first-order valence-electron chi connectivity index (χ1n) is 16.8. The summed E-state index contributed by atoms with van der Waals surface area (Å²) in [5.74, 6) is 2.71. The number of carbonyl (C=O) groups is 1. The minimum Gasteiger partial charge on any atom is -0.500 e. The van der Waals surface area contributed by atoms with Crippen molar-refractivity contribution in [2.75, 3.05) is 20.0 Å². The summed E-state index contributed by atoms with van der Waals surface area (Å²) in [5, 5.41) is 0.289. The van der Waals surface area contributed by atoms with Crippen LogP contribution in [0.2, 0.25) is 36.3 Å². The van der Waals surface area contributed by atoms with Crippen LogP contribution in [0.4, 0.5) is 0 Å². The summed E-state index contributed by atoms with van der Waals surface area (Å²) in [6, 6.07) is 0. The predicted octanol–water partition coefficient (Wildman–Crippen LogP) is 10.9. The van der Waals surface area contributed by atoms with E-state index in [0.717, 1.165) is 43.6 Å². The number of ether oxygens (including phenoxy) is 2. The van der Waals surface area contributed by atoms with Gasteiger partial charge in [-0.2, -0.15) is 0 Å². The zero-order valence-corrected chi connectivity index (χ0v) is 33.3. The van der Waals surface area contributed by atoms with Gasteiger partial charge in [0.1, 0.15) is 5.76 Å². The molecule has 0 fully saturated rings. The third-order valence-electron chi connectivity index (χ3n) is 9.84. The van der Waals surface area contributed by atoms with Crippen LogP contribution in [0.1, 0.15) is 113 Å². The molecule has 0 spiro atoms. The predicted molar refractivity (Wildman–Crippen MR) is 192 cm³/mol. The van der Waals surface area contributed by atoms with Gasteiger partial charge in [0.2, 0.25) is 0 Å². The summed E-state index contributed by atoms with van der Waals surface area (Å²) >= 11 is 1.91. The van der Waals surface area contributed by atoms with Crippen molar-refractivity contribution < 1.29 is 23.1 Å². The Hall–Kier alpha value is -0.546. The molecule has 5 nitrogen and oxygen atoms in total. The zero-order chi connectivity index (χ0) is 33.1. The van der Waals surface area contributed by atoms with E-state index in [1.54, 1.807) is 7.11 Å². The van der Waals surface area contributed by atoms with E-state index in [4.69, 9.17) is 18.3 Å². The van der Waals surface area contributed by atoms with Crippen LogP contribution in [-0.2, 0) is 23.1 Å². The molecule has 0 heterocycles. The molecule has 0 saturated carbocycles. The van der Waals surface area contributed by atoms with E-state index in [2.05, 4.69) is 93.7 Å². The SMILES string of the molecule is CCCC[C@@H](C)C[C@@H](/C=C/[C@@H]1C(SCCCCCC(=O)OC)=C(OC)C[C@H]1O[Si](C)(C)C(C)(C)C)O[Si](C)(C)C(C)(C)C. The molecule has 1 rings (SSSR count). The molecule has 43 heavy (non-hydrogen) atoms. The van der Waals surface area contributed by atoms with E-state index in [0.29, 0.717) is 12.3 Å². The standard InChI is InChI=1S/C35H68O5SSi2/c1-15-16-20-27(2)25-28(39-42(11,12)34(3,4)5)22-23-29-30(40-43(13,14)35(6,7)8)26-31(37-9)33(29)41-24-19-17-18-21-32(36)38-10/h22-23,27-30H,15-21,24-26H2,1-14H3/b23-22+/t27-,28-,29+,30-/m1/s1. The van der Waals surface area contributed by atoms with E-state index in [1.165, 1.54) is 31.3 Å². The van der Waals surface area contributed by atoms with Crippen LogP contribution in [0.25, 0.3) is 0 Å². The van der Waals surface area contributed by atoms with Crippen molar-refractivity contribution in [3.8, 4) is 0 Å². The number of carbonyl (C=O) groups excluding carboxylic acids is 1. The lowest BCUT2D eigenvalue weighted by molar-refractivity contribution is -0.140. The van der Waals surface area contributed by atoms with E-state index in [9.17, 15) is 4.79 Å². The van der Waals surface area contributed by atoms with Crippen molar-refractivity contribution in [2.45, 2.75) is 162 Å². The maximum Gasteiger partial charge on any atom is 0.305 e. The quantitative estimate of drug-likeness (QED) is 0.0597. The van der Waals surface area contributed by atoms with E-state index >= 15 is 0 Å². The first-order valence-corrected chi connectivity index (χ1v) is 23.6. The molecule has 0 aromatic rings. The van der Waals surface area contributed by atoms with Crippen molar-refractivity contribution in [1.29, 1.82) is 0 Å². The van der Waals surface area contributed by atoms with Crippen molar-refractivity contribution in [3.05, 3.63) is 22.8 Å². The summed E-state index contributed by atoms with van der Waals surface area (Å²) in [7, 11) is -0.692. The number of esters is 1. The maximum absolute atomic E-state index is 11.5. The van der Waals surface area contributed by atoms with Crippen LogP contribution in [0, 0.1) is 11.8 Å². The minimum atomic E-state index is -2.00. The Morgan fingerprint density at radius 3 is 2.14 bits per heavy atom. The van der Waals surface area contributed by atoms with Crippen molar-refractivity contribution in [2.24, 2.45) is 11.8 Å². The van der Waals surface area contributed by atoms with Crippen LogP contribution < -0.4 is 0 Å². The highest BCUT2D eigenvalue weighted by molar-refractivity contribution is 8.03. The summed E-state index contributed by atoms with van der Waals surface area (Å²) < 4.78 is 25.0. The lowest BCUT2D eigenvalue weighted by Gasteiger charge is -2.40. The monoisotopic (exact) mass is 656 g/mol. The molecule has 0 bridgehead atoms. The van der Waals surface area contributed by atoms with E-state index < -0.39 is 16.6 Å². The number of rotatable bonds is 19. The highest BCUT2D eigenvalue weighted by Gasteiger charge is 2.44. The molecule has 0 saturated heterocycles. The average Bonchev–Trinajstić information content (AvgIpc) is 3.21. The summed E-state index contributed by atoms with van der Waals surface area (Å²) in [6.45, 7) is 28.0. The van der Waals surface area contributed by atoms with Crippen LogP contribution in [0.5, 0.6) is 0 Å². The number of thioether (sulfide) groups is 1. The third kappa shape index (κ3) is 13.4. The van der Waals surface area contributed by atoms with Gasteiger partial charge >= 0.3 is 5.97 Å². The zero-order valence-electron chi connectivity index (χ0n) is 30.5. The molecule has 0 aromatic heterocycles. The number of hydrogen-bond donors (Lipinski definition) is 0. The lowest BCUT2D eigenvalue weighted by Crippen LogP contribution is -2.45. The van der Waals surface area contributed by atoms with Gasteiger partial charge < -0.3 is 18.3 Å². The van der Waals surface area contributed by atoms with Gasteiger partial charge in [-0.25, -0.2) is 0 Å². The molecule has 252 valence electrons. The number of methoxy groups -OCH3 is 2. The maximum atomic E-state index is 11.5. The Bertz CT molecular complexity index is 901. The fourth-order valence-electron chi connectivity index (χ4n) is 4.87. The number of unbranched alkanes of at least 4 members (excludes halogenated alkanes) is 3. The Balaban J connectivity index is 3.31. The molecule has 0 radical (unpaired) electrons. The second-order valence-corrected chi connectivity index (χ2v) is 26.3. The largest absolute Gasteiger partial charge is 0.500 e. The topological polar surface area (TPSA) is 54.0 Å². The molecular formula is C35H68O5SSi2. The molecule has 0 N–H and O–H groups in total. The van der Waals surface area contributed by atoms with E-state index in [-0.39, 0.29) is 34.2 Å². The Kier molecular flexibility index (Phi) is 16.9.